The average Bonchev–Trinajstić information content (AvgIpc) is 3.64. The number of hydrogen-bond donors (Lipinski definition) is 2. The number of rotatable bonds is 72. The summed E-state index contributed by atoms with van der Waals surface area (Å²) in [4.78, 5) is 35.4. The summed E-state index contributed by atoms with van der Waals surface area (Å²) in [6.07, 6.45) is 94.8. The van der Waals surface area contributed by atoms with Crippen LogP contribution in [0, 0.1) is 0 Å². The van der Waals surface area contributed by atoms with Crippen molar-refractivity contribution in [2.24, 2.45) is 5.73 Å². The quantitative estimate of drug-likeness (QED) is 0.0264. The predicted octanol–water partition coefficient (Wildman–Crippen LogP) is 25.0. The van der Waals surface area contributed by atoms with Crippen molar-refractivity contribution in [2.45, 2.75) is 392 Å². The third-order valence-electron chi connectivity index (χ3n) is 16.9. The molecular weight excluding hydrogens is 1100 g/mol. The van der Waals surface area contributed by atoms with Crippen LogP contribution >= 0.6 is 7.82 Å². The van der Waals surface area contributed by atoms with E-state index in [0.717, 1.165) is 51.4 Å². The Morgan fingerprint density at radius 3 is 0.885 bits per heavy atom. The molecule has 10 heteroatoms. The summed E-state index contributed by atoms with van der Waals surface area (Å²) in [5.74, 6) is -0.808. The van der Waals surface area contributed by atoms with Gasteiger partial charge >= 0.3 is 19.8 Å². The highest BCUT2D eigenvalue weighted by atomic mass is 31.2. The maximum absolute atomic E-state index is 12.8. The molecule has 0 aromatic rings. The van der Waals surface area contributed by atoms with Crippen molar-refractivity contribution in [3.63, 3.8) is 0 Å². The number of hydrogen-bond acceptors (Lipinski definition) is 8. The average molecular weight is 1240 g/mol. The minimum absolute atomic E-state index is 0.0547. The van der Waals surface area contributed by atoms with E-state index in [-0.39, 0.29) is 38.6 Å². The van der Waals surface area contributed by atoms with Gasteiger partial charge in [0, 0.05) is 19.4 Å². The Labute approximate surface area is 539 Å². The lowest BCUT2D eigenvalue weighted by molar-refractivity contribution is -0.161. The van der Waals surface area contributed by atoms with Gasteiger partial charge in [-0.3, -0.25) is 18.6 Å². The molecule has 0 amide bonds. The molecule has 0 spiro atoms. The molecule has 87 heavy (non-hydrogen) atoms. The molecule has 0 radical (unpaired) electrons. The smallest absolute Gasteiger partial charge is 0.462 e. The largest absolute Gasteiger partial charge is 0.472 e. The van der Waals surface area contributed by atoms with E-state index in [9.17, 15) is 19.0 Å². The third kappa shape index (κ3) is 72.6. The number of carbonyl (C=O) groups is 2. The fourth-order valence-electron chi connectivity index (χ4n) is 11.3. The van der Waals surface area contributed by atoms with Crippen molar-refractivity contribution < 1.29 is 37.6 Å². The summed E-state index contributed by atoms with van der Waals surface area (Å²) >= 11 is 0. The molecule has 0 heterocycles. The lowest BCUT2D eigenvalue weighted by Gasteiger charge is -2.19. The first-order valence-corrected chi connectivity index (χ1v) is 39.3. The summed E-state index contributed by atoms with van der Waals surface area (Å²) in [6.45, 7) is 3.79. The van der Waals surface area contributed by atoms with Gasteiger partial charge in [0.2, 0.25) is 0 Å². The monoisotopic (exact) mass is 1240 g/mol. The zero-order chi connectivity index (χ0) is 63.0. The second-order valence-corrected chi connectivity index (χ2v) is 27.0. The number of esters is 2. The lowest BCUT2D eigenvalue weighted by Crippen LogP contribution is -2.29. The molecule has 0 aliphatic heterocycles. The molecule has 9 nitrogen and oxygen atoms in total. The van der Waals surface area contributed by atoms with Crippen molar-refractivity contribution in [1.82, 2.24) is 0 Å². The first-order chi connectivity index (χ1) is 42.8. The molecule has 0 aromatic heterocycles. The van der Waals surface area contributed by atoms with Crippen molar-refractivity contribution in [3.8, 4) is 0 Å². The van der Waals surface area contributed by atoms with Crippen LogP contribution in [0.15, 0.2) is 60.8 Å². The van der Waals surface area contributed by atoms with Gasteiger partial charge in [-0.1, -0.05) is 351 Å². The van der Waals surface area contributed by atoms with Gasteiger partial charge in [-0.25, -0.2) is 4.57 Å². The van der Waals surface area contributed by atoms with E-state index in [1.807, 2.05) is 0 Å². The van der Waals surface area contributed by atoms with Gasteiger partial charge in [-0.2, -0.15) is 0 Å². The summed E-state index contributed by atoms with van der Waals surface area (Å²) in [5.41, 5.74) is 5.41. The number of phosphoric ester groups is 1. The van der Waals surface area contributed by atoms with Crippen LogP contribution in [0.5, 0.6) is 0 Å². The second kappa shape index (κ2) is 72.8. The Bertz CT molecular complexity index is 1610. The van der Waals surface area contributed by atoms with Gasteiger partial charge < -0.3 is 20.1 Å². The number of unbranched alkanes of at least 4 members (excludes halogenated alkanes) is 49. The van der Waals surface area contributed by atoms with Crippen LogP contribution in [0.4, 0.5) is 0 Å². The Balaban J connectivity index is 3.78. The number of ether oxygens (including phenoxy) is 2. The van der Waals surface area contributed by atoms with Gasteiger partial charge in [-0.15, -0.1) is 0 Å². The van der Waals surface area contributed by atoms with Crippen LogP contribution in [0.3, 0.4) is 0 Å². The molecule has 0 saturated heterocycles. The number of phosphoric acid groups is 1. The summed E-state index contributed by atoms with van der Waals surface area (Å²) < 4.78 is 33.2. The molecule has 0 rings (SSSR count). The van der Waals surface area contributed by atoms with Crippen LogP contribution in [-0.4, -0.2) is 49.3 Å². The van der Waals surface area contributed by atoms with Gasteiger partial charge in [0.15, 0.2) is 6.10 Å². The molecule has 2 unspecified atom stereocenters. The fraction of sp³-hybridized carbons (Fsp3) is 0.844. The fourth-order valence-corrected chi connectivity index (χ4v) is 12.0. The Hall–Kier alpha value is -2.29. The van der Waals surface area contributed by atoms with Crippen LogP contribution in [0.25, 0.3) is 0 Å². The van der Waals surface area contributed by atoms with E-state index in [1.54, 1.807) is 0 Å². The second-order valence-electron chi connectivity index (χ2n) is 25.5. The van der Waals surface area contributed by atoms with Gasteiger partial charge in [-0.05, 0) is 83.5 Å². The molecule has 0 fully saturated rings. The van der Waals surface area contributed by atoms with Crippen molar-refractivity contribution in [3.05, 3.63) is 60.8 Å². The highest BCUT2D eigenvalue weighted by molar-refractivity contribution is 7.47. The standard InChI is InChI=1S/C77H144NO8P/c1-3-5-7-9-11-13-15-17-19-21-23-25-27-29-31-32-33-34-35-36-37-38-39-40-41-42-44-46-48-50-52-54-56-58-60-62-64-66-68-70-77(80)86-75(74-85-87(81,82)84-72-71-78)73-83-76(79)69-67-65-63-61-59-57-55-53-51-49-47-45-43-30-28-26-24-22-20-18-16-14-12-10-8-6-4-2/h15-18,21-24,27,29,75H,3-14,19-20,25-26,28,30-74,78H2,1-2H3,(H,81,82)/b17-15-,18-16-,23-21-,24-22-,29-27-. The van der Waals surface area contributed by atoms with Crippen molar-refractivity contribution >= 4 is 19.8 Å². The minimum atomic E-state index is -4.39. The molecule has 2 atom stereocenters. The lowest BCUT2D eigenvalue weighted by atomic mass is 10.0. The topological polar surface area (TPSA) is 134 Å². The first-order valence-electron chi connectivity index (χ1n) is 37.8. The Kier molecular flexibility index (Phi) is 70.9. The van der Waals surface area contributed by atoms with Crippen LogP contribution < -0.4 is 5.73 Å². The molecule has 0 bridgehead atoms. The molecular formula is C77H144NO8P. The van der Waals surface area contributed by atoms with E-state index >= 15 is 0 Å². The molecule has 0 aliphatic rings. The van der Waals surface area contributed by atoms with Crippen LogP contribution in [-0.2, 0) is 32.7 Å². The molecule has 3 N–H and O–H groups in total. The van der Waals surface area contributed by atoms with E-state index < -0.39 is 26.5 Å². The highest BCUT2D eigenvalue weighted by Gasteiger charge is 2.26. The van der Waals surface area contributed by atoms with Gasteiger partial charge in [0.25, 0.3) is 0 Å². The minimum Gasteiger partial charge on any atom is -0.462 e. The third-order valence-corrected chi connectivity index (χ3v) is 17.9. The van der Waals surface area contributed by atoms with Crippen molar-refractivity contribution in [1.29, 1.82) is 0 Å². The summed E-state index contributed by atoms with van der Waals surface area (Å²) in [6, 6.07) is 0. The van der Waals surface area contributed by atoms with E-state index in [2.05, 4.69) is 74.6 Å². The van der Waals surface area contributed by atoms with Crippen molar-refractivity contribution in [2.75, 3.05) is 26.4 Å². The van der Waals surface area contributed by atoms with E-state index in [0.29, 0.717) is 6.42 Å². The summed E-state index contributed by atoms with van der Waals surface area (Å²) in [5, 5.41) is 0. The predicted molar refractivity (Wildman–Crippen MR) is 376 cm³/mol. The summed E-state index contributed by atoms with van der Waals surface area (Å²) in [7, 11) is -4.39. The normalized spacial score (nSPS) is 13.2. The number of carbonyl (C=O) groups excluding carboxylic acids is 2. The Morgan fingerprint density at radius 1 is 0.345 bits per heavy atom. The SMILES string of the molecule is CCCCCCC/C=C\C/C=C\C/C=C\CCCCCCCCCCCCCCCCCCCCCCCCCCC(=O)OC(COC(=O)CCCCCCCCCCCCCCCCC/C=C\C/C=C\CCCCCCC)COP(=O)(O)OCCN. The van der Waals surface area contributed by atoms with Crippen LogP contribution in [0.1, 0.15) is 386 Å². The molecule has 510 valence electrons. The molecule has 0 saturated carbocycles. The molecule has 0 aromatic carbocycles. The Morgan fingerprint density at radius 2 is 0.598 bits per heavy atom. The van der Waals surface area contributed by atoms with E-state index in [1.165, 1.54) is 302 Å². The van der Waals surface area contributed by atoms with Gasteiger partial charge in [0.1, 0.15) is 6.61 Å². The van der Waals surface area contributed by atoms with Gasteiger partial charge in [0.05, 0.1) is 13.2 Å². The zero-order valence-electron chi connectivity index (χ0n) is 57.5. The van der Waals surface area contributed by atoms with E-state index in [4.69, 9.17) is 24.3 Å². The maximum atomic E-state index is 12.8. The number of allylic oxidation sites excluding steroid dienone is 10. The first kappa shape index (κ1) is 84.7. The number of nitrogens with two attached hydrogens (primary N) is 1. The zero-order valence-corrected chi connectivity index (χ0v) is 58.4. The maximum Gasteiger partial charge on any atom is 0.472 e. The highest BCUT2D eigenvalue weighted by Crippen LogP contribution is 2.43. The molecule has 0 aliphatic carbocycles. The van der Waals surface area contributed by atoms with Crippen LogP contribution in [0.2, 0.25) is 0 Å².